The molecule has 0 radical (unpaired) electrons. The quantitative estimate of drug-likeness (QED) is 0.813. The van der Waals surface area contributed by atoms with Gasteiger partial charge in [-0.15, -0.1) is 0 Å². The van der Waals surface area contributed by atoms with Crippen molar-refractivity contribution in [1.29, 1.82) is 0 Å². The molecule has 2 heteroatoms. The maximum atomic E-state index is 3.97. The fourth-order valence-electron chi connectivity index (χ4n) is 1.38. The highest BCUT2D eigenvalue weighted by molar-refractivity contribution is 5.70. The molecule has 15 heavy (non-hydrogen) atoms. The molecule has 0 unspecified atom stereocenters. The third kappa shape index (κ3) is 2.23. The maximum Gasteiger partial charge on any atom is 0.0457 e. The van der Waals surface area contributed by atoms with Crippen molar-refractivity contribution in [2.45, 2.75) is 0 Å². The van der Waals surface area contributed by atoms with Crippen LogP contribution >= 0.6 is 0 Å². The molecule has 1 aromatic heterocycles. The van der Waals surface area contributed by atoms with Gasteiger partial charge in [-0.1, -0.05) is 30.9 Å². The van der Waals surface area contributed by atoms with E-state index in [1.807, 2.05) is 42.5 Å². The van der Waals surface area contributed by atoms with Gasteiger partial charge in [0.15, 0.2) is 0 Å². The van der Waals surface area contributed by atoms with Crippen molar-refractivity contribution >= 4 is 17.5 Å². The van der Waals surface area contributed by atoms with Crippen LogP contribution in [0.2, 0.25) is 0 Å². The fourth-order valence-corrected chi connectivity index (χ4v) is 1.38. The normalized spacial score (nSPS) is 9.60. The Balaban J connectivity index is 2.28. The van der Waals surface area contributed by atoms with E-state index in [1.165, 1.54) is 0 Å². The Hall–Kier alpha value is -2.09. The van der Waals surface area contributed by atoms with Crippen LogP contribution in [0.15, 0.2) is 55.4 Å². The molecule has 2 nitrogen and oxygen atoms in total. The predicted molar refractivity (Wildman–Crippen MR) is 64.1 cm³/mol. The summed E-state index contributed by atoms with van der Waals surface area (Å²) >= 11 is 0. The van der Waals surface area contributed by atoms with Gasteiger partial charge in [0.25, 0.3) is 0 Å². The van der Waals surface area contributed by atoms with Crippen molar-refractivity contribution < 1.29 is 0 Å². The lowest BCUT2D eigenvalue weighted by molar-refractivity contribution is 1.32. The molecular formula is C13H12N2. The molecule has 0 saturated carbocycles. The third-order valence-electron chi connectivity index (χ3n) is 2.14. The topological polar surface area (TPSA) is 24.9 Å². The van der Waals surface area contributed by atoms with Gasteiger partial charge in [-0.05, 0) is 23.8 Å². The summed E-state index contributed by atoms with van der Waals surface area (Å²) in [4.78, 5) is 3.97. The molecule has 2 aromatic rings. The van der Waals surface area contributed by atoms with E-state index in [9.17, 15) is 0 Å². The van der Waals surface area contributed by atoms with E-state index in [2.05, 4.69) is 16.9 Å². The van der Waals surface area contributed by atoms with E-state index < -0.39 is 0 Å². The van der Waals surface area contributed by atoms with Crippen LogP contribution in [-0.4, -0.2) is 4.98 Å². The molecule has 0 fully saturated rings. The summed E-state index contributed by atoms with van der Waals surface area (Å²) in [5.74, 6) is 0. The highest BCUT2D eigenvalue weighted by atomic mass is 14.9. The first-order valence-electron chi connectivity index (χ1n) is 4.78. The van der Waals surface area contributed by atoms with Crippen molar-refractivity contribution in [3.63, 3.8) is 0 Å². The van der Waals surface area contributed by atoms with Gasteiger partial charge in [0.05, 0.1) is 0 Å². The highest BCUT2D eigenvalue weighted by Gasteiger charge is 1.97. The Labute approximate surface area is 89.3 Å². The summed E-state index contributed by atoms with van der Waals surface area (Å²) in [6.45, 7) is 3.78. The van der Waals surface area contributed by atoms with Gasteiger partial charge in [-0.2, -0.15) is 0 Å². The number of nitrogens with one attached hydrogen (secondary N) is 1. The standard InChI is InChI=1S/C13H12N2/c1-2-11-5-3-4-6-13(11)15-12-7-9-14-10-8-12/h2-10H,1H2,(H,14,15). The smallest absolute Gasteiger partial charge is 0.0457 e. The van der Waals surface area contributed by atoms with Crippen LogP contribution in [0.3, 0.4) is 0 Å². The van der Waals surface area contributed by atoms with E-state index in [0.717, 1.165) is 16.9 Å². The lowest BCUT2D eigenvalue weighted by Crippen LogP contribution is -1.92. The van der Waals surface area contributed by atoms with E-state index in [-0.39, 0.29) is 0 Å². The molecule has 0 saturated heterocycles. The second-order valence-corrected chi connectivity index (χ2v) is 3.15. The van der Waals surface area contributed by atoms with E-state index in [1.54, 1.807) is 12.4 Å². The van der Waals surface area contributed by atoms with Gasteiger partial charge in [-0.3, -0.25) is 4.98 Å². The van der Waals surface area contributed by atoms with Gasteiger partial charge in [-0.25, -0.2) is 0 Å². The van der Waals surface area contributed by atoms with Crippen LogP contribution < -0.4 is 5.32 Å². The first-order chi connectivity index (χ1) is 7.40. The van der Waals surface area contributed by atoms with Crippen molar-refractivity contribution in [3.8, 4) is 0 Å². The van der Waals surface area contributed by atoms with Gasteiger partial charge in [0.2, 0.25) is 0 Å². The van der Waals surface area contributed by atoms with E-state index in [0.29, 0.717) is 0 Å². The number of para-hydroxylation sites is 1. The average molecular weight is 196 g/mol. The van der Waals surface area contributed by atoms with Crippen molar-refractivity contribution in [3.05, 3.63) is 60.9 Å². The zero-order chi connectivity index (χ0) is 10.5. The van der Waals surface area contributed by atoms with E-state index in [4.69, 9.17) is 0 Å². The molecule has 0 aliphatic rings. The Morgan fingerprint density at radius 1 is 1.07 bits per heavy atom. The van der Waals surface area contributed by atoms with Gasteiger partial charge in [0, 0.05) is 23.8 Å². The van der Waals surface area contributed by atoms with E-state index >= 15 is 0 Å². The minimum atomic E-state index is 1.03. The molecule has 0 aliphatic carbocycles. The highest BCUT2D eigenvalue weighted by Crippen LogP contribution is 2.20. The van der Waals surface area contributed by atoms with Crippen LogP contribution in [-0.2, 0) is 0 Å². The lowest BCUT2D eigenvalue weighted by atomic mass is 10.1. The summed E-state index contributed by atoms with van der Waals surface area (Å²) in [5.41, 5.74) is 3.17. The fraction of sp³-hybridized carbons (Fsp3) is 0. The first-order valence-corrected chi connectivity index (χ1v) is 4.78. The van der Waals surface area contributed by atoms with Crippen molar-refractivity contribution in [1.82, 2.24) is 4.98 Å². The summed E-state index contributed by atoms with van der Waals surface area (Å²) in [7, 11) is 0. The number of nitrogens with zero attached hydrogens (tertiary/aromatic N) is 1. The number of hydrogen-bond donors (Lipinski definition) is 1. The van der Waals surface area contributed by atoms with Crippen LogP contribution in [0.4, 0.5) is 11.4 Å². The van der Waals surface area contributed by atoms with Crippen LogP contribution in [0.5, 0.6) is 0 Å². The van der Waals surface area contributed by atoms with Gasteiger partial charge >= 0.3 is 0 Å². The van der Waals surface area contributed by atoms with Crippen molar-refractivity contribution in [2.24, 2.45) is 0 Å². The minimum Gasteiger partial charge on any atom is -0.355 e. The monoisotopic (exact) mass is 196 g/mol. The molecule has 0 atom stereocenters. The second kappa shape index (κ2) is 4.42. The minimum absolute atomic E-state index is 1.03. The molecule has 1 N–H and O–H groups in total. The molecule has 0 aliphatic heterocycles. The Bertz CT molecular complexity index is 449. The zero-order valence-electron chi connectivity index (χ0n) is 8.35. The lowest BCUT2D eigenvalue weighted by Gasteiger charge is -2.08. The van der Waals surface area contributed by atoms with Gasteiger partial charge < -0.3 is 5.32 Å². The van der Waals surface area contributed by atoms with Crippen LogP contribution in [0.1, 0.15) is 5.56 Å². The molecule has 74 valence electrons. The first kappa shape index (κ1) is 9.46. The molecule has 0 spiro atoms. The maximum absolute atomic E-state index is 3.97. The predicted octanol–water partition coefficient (Wildman–Crippen LogP) is 3.47. The number of hydrogen-bond acceptors (Lipinski definition) is 2. The zero-order valence-corrected chi connectivity index (χ0v) is 8.35. The number of aromatic nitrogens is 1. The third-order valence-corrected chi connectivity index (χ3v) is 2.14. The number of benzene rings is 1. The molecule has 0 amide bonds. The number of rotatable bonds is 3. The Kier molecular flexibility index (Phi) is 2.79. The molecular weight excluding hydrogens is 184 g/mol. The molecule has 0 bridgehead atoms. The Morgan fingerprint density at radius 2 is 1.80 bits per heavy atom. The molecule has 1 aromatic carbocycles. The second-order valence-electron chi connectivity index (χ2n) is 3.15. The molecule has 2 rings (SSSR count). The van der Waals surface area contributed by atoms with Gasteiger partial charge in [0.1, 0.15) is 0 Å². The summed E-state index contributed by atoms with van der Waals surface area (Å²) < 4.78 is 0. The average Bonchev–Trinajstić information content (AvgIpc) is 2.31. The van der Waals surface area contributed by atoms with Crippen LogP contribution in [0.25, 0.3) is 6.08 Å². The largest absolute Gasteiger partial charge is 0.355 e. The number of pyridine rings is 1. The van der Waals surface area contributed by atoms with Crippen LogP contribution in [0, 0.1) is 0 Å². The summed E-state index contributed by atoms with van der Waals surface area (Å²) in [6.07, 6.45) is 5.36. The molecule has 1 heterocycles. The summed E-state index contributed by atoms with van der Waals surface area (Å²) in [5, 5.41) is 3.31. The SMILES string of the molecule is C=Cc1ccccc1Nc1ccncc1. The van der Waals surface area contributed by atoms with Crippen molar-refractivity contribution in [2.75, 3.05) is 5.32 Å². The number of anilines is 2. The summed E-state index contributed by atoms with van der Waals surface area (Å²) in [6, 6.07) is 11.9. The Morgan fingerprint density at radius 3 is 2.53 bits per heavy atom.